The van der Waals surface area contributed by atoms with Crippen LogP contribution in [0.2, 0.25) is 0 Å². The molecule has 0 bridgehead atoms. The van der Waals surface area contributed by atoms with Crippen LogP contribution < -0.4 is 5.32 Å². The molecule has 1 fully saturated rings. The average Bonchev–Trinajstić information content (AvgIpc) is 2.62. The van der Waals surface area contributed by atoms with E-state index in [9.17, 15) is 9.90 Å². The highest BCUT2D eigenvalue weighted by Gasteiger charge is 2.24. The van der Waals surface area contributed by atoms with Gasteiger partial charge in [0.15, 0.2) is 0 Å². The van der Waals surface area contributed by atoms with Crippen molar-refractivity contribution in [3.05, 3.63) is 0 Å². The highest BCUT2D eigenvalue weighted by atomic mass is 16.4. The van der Waals surface area contributed by atoms with E-state index in [0.29, 0.717) is 5.92 Å². The first-order valence-corrected chi connectivity index (χ1v) is 6.30. The van der Waals surface area contributed by atoms with Crippen molar-refractivity contribution in [2.75, 3.05) is 13.1 Å². The number of aliphatic hydroxyl groups is 1. The van der Waals surface area contributed by atoms with Gasteiger partial charge in [-0.3, -0.25) is 4.79 Å². The zero-order valence-corrected chi connectivity index (χ0v) is 9.82. The van der Waals surface area contributed by atoms with Crippen LogP contribution in [-0.4, -0.2) is 35.4 Å². The molecule has 0 heterocycles. The van der Waals surface area contributed by atoms with Crippen molar-refractivity contribution < 1.29 is 15.0 Å². The van der Waals surface area contributed by atoms with Crippen LogP contribution in [0, 0.1) is 5.92 Å². The first-order chi connectivity index (χ1) is 7.70. The van der Waals surface area contributed by atoms with E-state index in [1.54, 1.807) is 0 Å². The molecule has 0 aromatic carbocycles. The fraction of sp³-hybridized carbons (Fsp3) is 0.917. The Kier molecular flexibility index (Phi) is 6.42. The molecule has 4 nitrogen and oxygen atoms in total. The molecule has 1 saturated carbocycles. The van der Waals surface area contributed by atoms with Gasteiger partial charge in [0, 0.05) is 13.0 Å². The van der Waals surface area contributed by atoms with E-state index in [-0.39, 0.29) is 12.5 Å². The van der Waals surface area contributed by atoms with Gasteiger partial charge in [-0.2, -0.15) is 0 Å². The average molecular weight is 229 g/mol. The normalized spacial score (nSPS) is 24.8. The summed E-state index contributed by atoms with van der Waals surface area (Å²) in [5.41, 5.74) is 0. The lowest BCUT2D eigenvalue weighted by Crippen LogP contribution is -2.28. The number of hydrogen-bond donors (Lipinski definition) is 3. The van der Waals surface area contributed by atoms with Crippen molar-refractivity contribution in [1.29, 1.82) is 0 Å². The first kappa shape index (κ1) is 13.5. The highest BCUT2D eigenvalue weighted by Crippen LogP contribution is 2.24. The van der Waals surface area contributed by atoms with Crippen molar-refractivity contribution >= 4 is 5.97 Å². The Morgan fingerprint density at radius 1 is 1.25 bits per heavy atom. The second-order valence-electron chi connectivity index (χ2n) is 4.67. The summed E-state index contributed by atoms with van der Waals surface area (Å²) in [7, 11) is 0. The molecule has 1 rings (SSSR count). The van der Waals surface area contributed by atoms with E-state index >= 15 is 0 Å². The monoisotopic (exact) mass is 229 g/mol. The van der Waals surface area contributed by atoms with Gasteiger partial charge >= 0.3 is 5.97 Å². The summed E-state index contributed by atoms with van der Waals surface area (Å²) < 4.78 is 0. The van der Waals surface area contributed by atoms with Crippen molar-refractivity contribution in [3.63, 3.8) is 0 Å². The number of aliphatic hydroxyl groups excluding tert-OH is 1. The zero-order chi connectivity index (χ0) is 11.8. The predicted octanol–water partition coefficient (Wildman–Crippen LogP) is 1.38. The third-order valence-electron chi connectivity index (χ3n) is 3.27. The molecule has 0 aromatic rings. The third-order valence-corrected chi connectivity index (χ3v) is 3.27. The van der Waals surface area contributed by atoms with Crippen molar-refractivity contribution in [2.45, 2.75) is 51.0 Å². The molecule has 4 heteroatoms. The topological polar surface area (TPSA) is 69.6 Å². The van der Waals surface area contributed by atoms with E-state index in [0.717, 1.165) is 51.6 Å². The number of nitrogens with one attached hydrogen (secondary N) is 1. The fourth-order valence-corrected chi connectivity index (χ4v) is 2.25. The molecule has 2 unspecified atom stereocenters. The number of hydrogen-bond acceptors (Lipinski definition) is 3. The molecule has 2 atom stereocenters. The molecule has 0 amide bonds. The zero-order valence-electron chi connectivity index (χ0n) is 9.82. The van der Waals surface area contributed by atoms with Crippen LogP contribution in [0.5, 0.6) is 0 Å². The molecule has 0 saturated heterocycles. The fourth-order valence-electron chi connectivity index (χ4n) is 2.25. The van der Waals surface area contributed by atoms with E-state index < -0.39 is 5.97 Å². The molecular formula is C12H23NO3. The quantitative estimate of drug-likeness (QED) is 0.550. The largest absolute Gasteiger partial charge is 0.481 e. The van der Waals surface area contributed by atoms with E-state index in [1.165, 1.54) is 0 Å². The summed E-state index contributed by atoms with van der Waals surface area (Å²) in [6, 6.07) is 0. The Bertz CT molecular complexity index is 208. The second kappa shape index (κ2) is 7.63. The Hall–Kier alpha value is -0.610. The van der Waals surface area contributed by atoms with Crippen molar-refractivity contribution in [2.24, 2.45) is 5.92 Å². The van der Waals surface area contributed by atoms with Gasteiger partial charge in [-0.05, 0) is 38.1 Å². The molecule has 1 aliphatic carbocycles. The Labute approximate surface area is 97.0 Å². The van der Waals surface area contributed by atoms with E-state index in [4.69, 9.17) is 5.11 Å². The highest BCUT2D eigenvalue weighted by molar-refractivity contribution is 5.66. The molecule has 0 spiro atoms. The van der Waals surface area contributed by atoms with Crippen LogP contribution in [0.25, 0.3) is 0 Å². The lowest BCUT2D eigenvalue weighted by Gasteiger charge is -2.14. The van der Waals surface area contributed by atoms with Gasteiger partial charge in [-0.25, -0.2) is 0 Å². The van der Waals surface area contributed by atoms with Gasteiger partial charge < -0.3 is 15.5 Å². The maximum absolute atomic E-state index is 10.3. The summed E-state index contributed by atoms with van der Waals surface area (Å²) in [5.74, 6) is -0.277. The number of aliphatic carboxylic acids is 1. The minimum absolute atomic E-state index is 0.112. The lowest BCUT2D eigenvalue weighted by molar-refractivity contribution is -0.137. The molecule has 16 heavy (non-hydrogen) atoms. The van der Waals surface area contributed by atoms with E-state index in [2.05, 4.69) is 5.32 Å². The van der Waals surface area contributed by atoms with Crippen molar-refractivity contribution in [1.82, 2.24) is 5.32 Å². The second-order valence-corrected chi connectivity index (χ2v) is 4.67. The number of rotatable bonds is 8. The van der Waals surface area contributed by atoms with Gasteiger partial charge in [-0.15, -0.1) is 0 Å². The molecule has 94 valence electrons. The van der Waals surface area contributed by atoms with Crippen LogP contribution in [0.15, 0.2) is 0 Å². The maximum atomic E-state index is 10.3. The van der Waals surface area contributed by atoms with Crippen LogP contribution in [0.3, 0.4) is 0 Å². The summed E-state index contributed by atoms with van der Waals surface area (Å²) in [6.45, 7) is 1.84. The minimum Gasteiger partial charge on any atom is -0.481 e. The summed E-state index contributed by atoms with van der Waals surface area (Å²) in [6.07, 6.45) is 6.15. The van der Waals surface area contributed by atoms with Gasteiger partial charge in [0.1, 0.15) is 0 Å². The summed E-state index contributed by atoms with van der Waals surface area (Å²) >= 11 is 0. The Balaban J connectivity index is 1.86. The maximum Gasteiger partial charge on any atom is 0.303 e. The smallest absolute Gasteiger partial charge is 0.303 e. The van der Waals surface area contributed by atoms with Crippen LogP contribution >= 0.6 is 0 Å². The molecule has 3 N–H and O–H groups in total. The Morgan fingerprint density at radius 3 is 2.69 bits per heavy atom. The third kappa shape index (κ3) is 5.47. The summed E-state index contributed by atoms with van der Waals surface area (Å²) in [5, 5.41) is 21.4. The first-order valence-electron chi connectivity index (χ1n) is 6.30. The number of unbranched alkanes of at least 4 members (excludes halogenated alkanes) is 2. The number of carbonyl (C=O) groups is 1. The number of carboxylic acids is 1. The van der Waals surface area contributed by atoms with E-state index in [1.807, 2.05) is 0 Å². The molecule has 1 aliphatic rings. The standard InChI is InChI=1S/C12H23NO3/c14-11-6-4-5-10(11)9-13-8-3-1-2-7-12(15)16/h10-11,13-14H,1-9H2,(H,15,16). The lowest BCUT2D eigenvalue weighted by atomic mass is 10.1. The van der Waals surface area contributed by atoms with Gasteiger partial charge in [0.2, 0.25) is 0 Å². The predicted molar refractivity (Wildman–Crippen MR) is 62.3 cm³/mol. The van der Waals surface area contributed by atoms with Crippen LogP contribution in [-0.2, 0) is 4.79 Å². The van der Waals surface area contributed by atoms with Crippen molar-refractivity contribution in [3.8, 4) is 0 Å². The minimum atomic E-state index is -0.706. The SMILES string of the molecule is O=C(O)CCCCCNCC1CCCC1O. The Morgan fingerprint density at radius 2 is 2.06 bits per heavy atom. The summed E-state index contributed by atoms with van der Waals surface area (Å²) in [4.78, 5) is 10.3. The van der Waals surface area contributed by atoms with Gasteiger partial charge in [0.05, 0.1) is 6.10 Å². The van der Waals surface area contributed by atoms with Gasteiger partial charge in [0.25, 0.3) is 0 Å². The molecular weight excluding hydrogens is 206 g/mol. The molecule has 0 radical (unpaired) electrons. The molecule has 0 aliphatic heterocycles. The van der Waals surface area contributed by atoms with Gasteiger partial charge in [-0.1, -0.05) is 12.8 Å². The molecule has 0 aromatic heterocycles. The number of carboxylic acid groups (broad SMARTS) is 1. The van der Waals surface area contributed by atoms with Crippen LogP contribution in [0.1, 0.15) is 44.9 Å². The van der Waals surface area contributed by atoms with Crippen LogP contribution in [0.4, 0.5) is 0 Å².